The number of unbranched alkanes of at least 4 members (excludes halogenated alkanes) is 6. The van der Waals surface area contributed by atoms with E-state index in [1.165, 1.54) is 21.6 Å². The Bertz CT molecular complexity index is 2370. The van der Waals surface area contributed by atoms with Gasteiger partial charge >= 0.3 is 6.09 Å². The Labute approximate surface area is 450 Å². The van der Waals surface area contributed by atoms with Crippen molar-refractivity contribution >= 4 is 64.7 Å². The molecule has 4 heterocycles. The maximum atomic E-state index is 14.1. The number of amides is 9. The van der Waals surface area contributed by atoms with E-state index in [1.807, 2.05) is 52.0 Å². The number of fused-ring (bicyclic) bond motifs is 1. The van der Waals surface area contributed by atoms with Gasteiger partial charge in [-0.2, -0.15) is 0 Å². The Morgan fingerprint density at radius 2 is 1.51 bits per heavy atom. The van der Waals surface area contributed by atoms with E-state index < -0.39 is 89.0 Å². The van der Waals surface area contributed by atoms with Crippen molar-refractivity contribution < 1.29 is 53.0 Å². The van der Waals surface area contributed by atoms with Gasteiger partial charge in [0.2, 0.25) is 47.3 Å². The topological polar surface area (TPSA) is 292 Å². The number of nitrogens with two attached hydrogens (primary N) is 1. The summed E-state index contributed by atoms with van der Waals surface area (Å²) in [4.78, 5) is 129. The number of thiazole rings is 1. The Balaban J connectivity index is 1.02. The Hall–Kier alpha value is -6.16. The molecule has 21 nitrogen and oxygen atoms in total. The Kier molecular flexibility index (Phi) is 22.2. The molecule has 0 radical (unpaired) electrons. The molecule has 7 atom stereocenters. The van der Waals surface area contributed by atoms with Gasteiger partial charge in [-0.25, -0.2) is 9.78 Å². The van der Waals surface area contributed by atoms with Crippen molar-refractivity contribution in [3.8, 4) is 10.4 Å². The molecule has 2 aromatic rings. The molecule has 0 bridgehead atoms. The van der Waals surface area contributed by atoms with Crippen LogP contribution in [0.1, 0.15) is 150 Å². The second kappa shape index (κ2) is 27.8. The number of aromatic nitrogens is 1. The zero-order valence-electron chi connectivity index (χ0n) is 45.7. The average Bonchev–Trinajstić information content (AvgIpc) is 4.08. The average molecular weight is 1080 g/mol. The molecule has 420 valence electrons. The van der Waals surface area contributed by atoms with Gasteiger partial charge in [0.05, 0.1) is 28.7 Å². The number of aliphatic hydroxyl groups excluding tert-OH is 1. The summed E-state index contributed by atoms with van der Waals surface area (Å²) in [5.41, 5.74) is 8.58. The monoisotopic (exact) mass is 1080 g/mol. The number of carbonyl (C=O) groups excluding carboxylic acids is 9. The van der Waals surface area contributed by atoms with Gasteiger partial charge in [-0.05, 0) is 82.8 Å². The molecular weight excluding hydrogens is 997 g/mol. The first-order valence-corrected chi connectivity index (χ1v) is 27.7. The molecule has 0 aliphatic carbocycles. The first-order valence-electron chi connectivity index (χ1n) is 26.8. The third kappa shape index (κ3) is 18.0. The summed E-state index contributed by atoms with van der Waals surface area (Å²) in [5, 5.41) is 24.7. The fraction of sp³-hybridized carbons (Fsp3) is 0.667. The summed E-state index contributed by atoms with van der Waals surface area (Å²) in [5.74, 6) is -3.57. The number of aliphatic hydroxyl groups is 1. The first-order chi connectivity index (χ1) is 35.8. The van der Waals surface area contributed by atoms with Gasteiger partial charge in [0.15, 0.2) is 0 Å². The molecule has 5 rings (SSSR count). The van der Waals surface area contributed by atoms with Gasteiger partial charge in [0.25, 0.3) is 0 Å². The lowest BCUT2D eigenvalue weighted by atomic mass is 9.85. The van der Waals surface area contributed by atoms with Crippen LogP contribution in [0, 0.1) is 12.3 Å². The zero-order valence-corrected chi connectivity index (χ0v) is 46.5. The Morgan fingerprint density at radius 1 is 0.842 bits per heavy atom. The molecule has 3 aliphatic rings. The number of hydrogen-bond donors (Lipinski definition) is 7. The van der Waals surface area contributed by atoms with E-state index >= 15 is 0 Å². The third-order valence-corrected chi connectivity index (χ3v) is 15.0. The van der Waals surface area contributed by atoms with Crippen LogP contribution in [0.15, 0.2) is 29.8 Å². The number of β-amino-alcohol motifs (C(OH)–C–C–N with tert-alkyl or cyclic N) is 1. The van der Waals surface area contributed by atoms with Crippen LogP contribution in [0.4, 0.5) is 4.79 Å². The molecule has 0 spiro atoms. The number of ether oxygens (including phenoxy) is 1. The lowest BCUT2D eigenvalue weighted by molar-refractivity contribution is -0.145. The fourth-order valence-electron chi connectivity index (χ4n) is 9.94. The third-order valence-electron chi connectivity index (χ3n) is 14.0. The maximum absolute atomic E-state index is 14.1. The molecule has 1 aromatic carbocycles. The van der Waals surface area contributed by atoms with E-state index in [9.17, 15) is 48.3 Å². The molecule has 9 amide bonds. The highest BCUT2D eigenvalue weighted by Gasteiger charge is 2.47. The van der Waals surface area contributed by atoms with Crippen molar-refractivity contribution in [1.29, 1.82) is 0 Å². The molecule has 3 saturated heterocycles. The van der Waals surface area contributed by atoms with Gasteiger partial charge in [-0.1, -0.05) is 77.1 Å². The number of aryl methyl sites for hydroxylation is 1. The summed E-state index contributed by atoms with van der Waals surface area (Å²) in [6.45, 7) is 14.7. The van der Waals surface area contributed by atoms with Crippen LogP contribution < -0.4 is 32.3 Å². The number of likely N-dealkylation sites (tertiary alicyclic amines) is 1. The number of nitrogens with one attached hydrogen (secondary N) is 5. The molecule has 8 N–H and O–H groups in total. The minimum Gasteiger partial charge on any atom is -0.444 e. The number of primary amides is 1. The van der Waals surface area contributed by atoms with E-state index in [0.29, 0.717) is 45.2 Å². The van der Waals surface area contributed by atoms with Crippen molar-refractivity contribution in [1.82, 2.24) is 46.3 Å². The highest BCUT2D eigenvalue weighted by Crippen LogP contribution is 2.31. The summed E-state index contributed by atoms with van der Waals surface area (Å²) < 4.78 is 5.39. The van der Waals surface area contributed by atoms with Gasteiger partial charge in [-0.3, -0.25) is 38.4 Å². The predicted octanol–water partition coefficient (Wildman–Crippen LogP) is 3.72. The van der Waals surface area contributed by atoms with Crippen LogP contribution in [-0.4, -0.2) is 152 Å². The molecule has 0 saturated carbocycles. The van der Waals surface area contributed by atoms with Crippen LogP contribution >= 0.6 is 11.3 Å². The number of carbonyl (C=O) groups is 9. The minimum absolute atomic E-state index is 0.0139. The molecule has 3 fully saturated rings. The highest BCUT2D eigenvalue weighted by molar-refractivity contribution is 7.13. The van der Waals surface area contributed by atoms with Crippen LogP contribution in [0.3, 0.4) is 0 Å². The van der Waals surface area contributed by atoms with E-state index in [-0.39, 0.29) is 63.0 Å². The summed E-state index contributed by atoms with van der Waals surface area (Å²) in [6.07, 6.45) is 5.06. The molecule has 3 aliphatic heterocycles. The number of benzene rings is 1. The second-order valence-electron chi connectivity index (χ2n) is 22.5. The van der Waals surface area contributed by atoms with E-state index in [4.69, 9.17) is 10.5 Å². The first kappa shape index (κ1) is 60.7. The molecular formula is C54H82N10O11S. The number of nitrogens with zero attached hydrogens (tertiary/aromatic N) is 4. The van der Waals surface area contributed by atoms with Gasteiger partial charge in [0, 0.05) is 58.4 Å². The van der Waals surface area contributed by atoms with Crippen molar-refractivity contribution in [3.63, 3.8) is 0 Å². The largest absolute Gasteiger partial charge is 0.444 e. The van der Waals surface area contributed by atoms with Crippen molar-refractivity contribution in [2.75, 3.05) is 26.2 Å². The van der Waals surface area contributed by atoms with Crippen LogP contribution in [0.2, 0.25) is 0 Å². The lowest BCUT2D eigenvalue weighted by Crippen LogP contribution is -2.62. The smallest absolute Gasteiger partial charge is 0.408 e. The summed E-state index contributed by atoms with van der Waals surface area (Å²) in [6, 6.07) is 2.40. The van der Waals surface area contributed by atoms with Crippen LogP contribution in [0.5, 0.6) is 0 Å². The van der Waals surface area contributed by atoms with Crippen LogP contribution in [0.25, 0.3) is 10.4 Å². The van der Waals surface area contributed by atoms with E-state index in [1.54, 1.807) is 37.6 Å². The number of alkyl carbamates (subject to hydrolysis) is 1. The minimum atomic E-state index is -1.18. The zero-order chi connectivity index (χ0) is 55.9. The lowest BCUT2D eigenvalue weighted by Gasteiger charge is -2.38. The fourth-order valence-corrected chi connectivity index (χ4v) is 10.8. The second-order valence-corrected chi connectivity index (χ2v) is 23.3. The molecule has 76 heavy (non-hydrogen) atoms. The van der Waals surface area contributed by atoms with Gasteiger partial charge < -0.3 is 56.9 Å². The number of rotatable bonds is 23. The summed E-state index contributed by atoms with van der Waals surface area (Å²) in [7, 11) is 0. The molecule has 0 unspecified atom stereocenters. The van der Waals surface area contributed by atoms with E-state index in [2.05, 4.69) is 31.6 Å². The van der Waals surface area contributed by atoms with Crippen molar-refractivity contribution in [3.05, 3.63) is 41.0 Å². The standard InChI is InChI=1S/C54H82N10O11S/c1-33-45(76-32-58-33)36-19-17-35(18-20-36)29-57-48(70)42-28-38(66)30-63(42)51(73)46(53(3,4)5)61-44(68)16-14-12-10-9-11-13-15-26-56-47(69)39(22-24-43(55)67)59-49(71)41-23-21-37-25-27-62(34(2)65)31-40(50(72)64(37)41)60-52(74)75-54(6,7)8/h17-20,32,37-42,46,66H,9-16,21-31H2,1-8H3,(H2,55,67)(H,56,69)(H,57,70)(H,59,71)(H,60,74)(H,61,68)/t37-,38-,39+,40+,41+,42+,46-/m1/s1. The normalized spacial score (nSPS) is 20.6. The van der Waals surface area contributed by atoms with Crippen molar-refractivity contribution in [2.24, 2.45) is 11.1 Å². The number of hydrogen-bond acceptors (Lipinski definition) is 13. The van der Waals surface area contributed by atoms with E-state index in [0.717, 1.165) is 53.8 Å². The summed E-state index contributed by atoms with van der Waals surface area (Å²) >= 11 is 1.56. The predicted molar refractivity (Wildman–Crippen MR) is 286 cm³/mol. The van der Waals surface area contributed by atoms with Gasteiger partial charge in [-0.15, -0.1) is 11.3 Å². The molecule has 1 aromatic heterocycles. The molecule has 22 heteroatoms. The highest BCUT2D eigenvalue weighted by atomic mass is 32.1. The Morgan fingerprint density at radius 3 is 2.13 bits per heavy atom. The SMILES string of the molecule is CC(=O)N1CC[C@H]2CC[C@@H](C(=O)N[C@@H](CCC(N)=O)C(=O)NCCCCCCCCCC(=O)N[C@H](C(=O)N3C[C@H](O)C[C@H]3C(=O)NCc3ccc(-c4scnc4C)cc3)C(C)(C)C)N2C(=O)[C@@H](NC(=O)OC(C)(C)C)C1. The maximum Gasteiger partial charge on any atom is 0.408 e. The quantitative estimate of drug-likeness (QED) is 0.0785. The van der Waals surface area contributed by atoms with Crippen LogP contribution in [-0.2, 0) is 49.6 Å². The van der Waals surface area contributed by atoms with Crippen molar-refractivity contribution in [2.45, 2.75) is 200 Å². The van der Waals surface area contributed by atoms with Gasteiger partial charge in [0.1, 0.15) is 35.8 Å².